The number of furan rings is 1. The predicted molar refractivity (Wildman–Crippen MR) is 133 cm³/mol. The lowest BCUT2D eigenvalue weighted by Gasteiger charge is -2.05. The van der Waals surface area contributed by atoms with Gasteiger partial charge in [0.05, 0.1) is 17.6 Å². The predicted octanol–water partition coefficient (Wildman–Crippen LogP) is 2.46. The van der Waals surface area contributed by atoms with Crippen LogP contribution in [0.1, 0.15) is 12.7 Å². The van der Waals surface area contributed by atoms with Gasteiger partial charge in [0.25, 0.3) is 15.6 Å². The highest BCUT2D eigenvalue weighted by Crippen LogP contribution is 2.27. The van der Waals surface area contributed by atoms with Gasteiger partial charge in [-0.05, 0) is 48.5 Å². The number of amides is 1. The van der Waals surface area contributed by atoms with E-state index in [1.54, 1.807) is 43.5 Å². The molecule has 182 valence electrons. The molecule has 3 aromatic heterocycles. The van der Waals surface area contributed by atoms with E-state index in [0.29, 0.717) is 43.7 Å². The summed E-state index contributed by atoms with van der Waals surface area (Å²) in [5, 5.41) is 4.35. The molecule has 0 saturated carbocycles. The summed E-state index contributed by atoms with van der Waals surface area (Å²) in [7, 11) is -2.36. The van der Waals surface area contributed by atoms with Crippen molar-refractivity contribution >= 4 is 38.3 Å². The Balaban J connectivity index is 1.43. The van der Waals surface area contributed by atoms with Crippen LogP contribution in [0.3, 0.4) is 0 Å². The maximum absolute atomic E-state index is 12.9. The molecule has 5 rings (SSSR count). The first-order chi connectivity index (χ1) is 17.2. The van der Waals surface area contributed by atoms with Crippen LogP contribution in [0, 0.1) is 0 Å². The first-order valence-corrected chi connectivity index (χ1v) is 12.8. The fourth-order valence-electron chi connectivity index (χ4n) is 3.54. The maximum atomic E-state index is 12.9. The average molecular weight is 523 g/mol. The number of carbonyl (C=O) groups excluding carboxylic acids is 1. The third-order valence-corrected chi connectivity index (χ3v) is 7.57. The molecule has 0 aliphatic carbocycles. The lowest BCUT2D eigenvalue weighted by atomic mass is 10.2. The summed E-state index contributed by atoms with van der Waals surface area (Å²) in [6, 6.07) is 16.6. The Morgan fingerprint density at radius 2 is 1.86 bits per heavy atom. The number of ether oxygens (including phenoxy) is 1. The van der Waals surface area contributed by atoms with Crippen molar-refractivity contribution in [1.82, 2.24) is 19.3 Å². The largest absolute Gasteiger partial charge is 0.496 e. The highest BCUT2D eigenvalue weighted by atomic mass is 32.2. The lowest BCUT2D eigenvalue weighted by Crippen LogP contribution is -2.28. The zero-order valence-electron chi connectivity index (χ0n) is 19.0. The first-order valence-electron chi connectivity index (χ1n) is 10.5. The number of rotatable bonds is 6. The van der Waals surface area contributed by atoms with Gasteiger partial charge in [0.2, 0.25) is 10.9 Å². The molecule has 3 heterocycles. The van der Waals surface area contributed by atoms with Gasteiger partial charge in [-0.25, -0.2) is 13.1 Å². The van der Waals surface area contributed by atoms with Crippen LogP contribution in [0.4, 0.5) is 0 Å². The minimum Gasteiger partial charge on any atom is -0.496 e. The Morgan fingerprint density at radius 3 is 2.56 bits per heavy atom. The molecule has 0 saturated heterocycles. The Bertz CT molecular complexity index is 1820. The van der Waals surface area contributed by atoms with E-state index in [0.717, 1.165) is 6.92 Å². The molecule has 0 spiro atoms. The normalized spacial score (nSPS) is 12.2. The summed E-state index contributed by atoms with van der Waals surface area (Å²) in [6.07, 6.45) is 1.60. The number of benzene rings is 2. The molecule has 0 radical (unpaired) electrons. The van der Waals surface area contributed by atoms with Gasteiger partial charge in [-0.15, -0.1) is 5.10 Å². The van der Waals surface area contributed by atoms with Crippen LogP contribution in [0.2, 0.25) is 0 Å². The third kappa shape index (κ3) is 4.39. The van der Waals surface area contributed by atoms with Crippen molar-refractivity contribution in [3.8, 4) is 28.5 Å². The summed E-state index contributed by atoms with van der Waals surface area (Å²) in [6.45, 7) is 1.13. The van der Waals surface area contributed by atoms with Crippen LogP contribution in [0.25, 0.3) is 33.7 Å². The smallest absolute Gasteiger partial charge is 0.291 e. The van der Waals surface area contributed by atoms with Crippen LogP contribution in [-0.2, 0) is 14.8 Å². The Kier molecular flexibility index (Phi) is 5.90. The number of thiazole rings is 1. The van der Waals surface area contributed by atoms with Gasteiger partial charge in [0, 0.05) is 18.6 Å². The molecule has 5 aromatic rings. The van der Waals surface area contributed by atoms with Gasteiger partial charge in [-0.1, -0.05) is 23.5 Å². The topological polar surface area (TPSA) is 133 Å². The van der Waals surface area contributed by atoms with E-state index in [1.165, 1.54) is 28.0 Å². The van der Waals surface area contributed by atoms with Crippen molar-refractivity contribution in [1.29, 1.82) is 0 Å². The molecule has 2 aromatic carbocycles. The molecule has 0 aliphatic rings. The molecule has 1 N–H and O–H groups in total. The van der Waals surface area contributed by atoms with Crippen molar-refractivity contribution in [3.63, 3.8) is 0 Å². The van der Waals surface area contributed by atoms with Gasteiger partial charge in [-0.3, -0.25) is 9.59 Å². The lowest BCUT2D eigenvalue weighted by molar-refractivity contribution is -0.117. The molecule has 1 amide bonds. The fourth-order valence-corrected chi connectivity index (χ4v) is 5.42. The van der Waals surface area contributed by atoms with Gasteiger partial charge >= 0.3 is 0 Å². The number of para-hydroxylation sites is 1. The zero-order valence-corrected chi connectivity index (χ0v) is 20.6. The van der Waals surface area contributed by atoms with Crippen molar-refractivity contribution in [2.45, 2.75) is 11.8 Å². The van der Waals surface area contributed by atoms with Crippen molar-refractivity contribution in [3.05, 3.63) is 81.3 Å². The number of carbonyl (C=O) groups is 1. The molecule has 0 fully saturated rings. The van der Waals surface area contributed by atoms with Crippen LogP contribution >= 0.6 is 11.3 Å². The minimum absolute atomic E-state index is 0.0438. The molecule has 0 unspecified atom stereocenters. The number of hydrogen-bond acceptors (Lipinski definition) is 9. The van der Waals surface area contributed by atoms with E-state index < -0.39 is 15.9 Å². The molecular formula is C24H18N4O6S2. The molecule has 12 heteroatoms. The van der Waals surface area contributed by atoms with Crippen LogP contribution < -0.4 is 19.6 Å². The maximum Gasteiger partial charge on any atom is 0.291 e. The molecule has 0 atom stereocenters. The number of aromatic nitrogens is 3. The first kappa shape index (κ1) is 23.5. The van der Waals surface area contributed by atoms with Gasteiger partial charge in [0.1, 0.15) is 21.8 Å². The van der Waals surface area contributed by atoms with E-state index in [4.69, 9.17) is 9.15 Å². The quantitative estimate of drug-likeness (QED) is 0.360. The Labute approximate surface area is 208 Å². The number of nitrogens with zero attached hydrogens (tertiary/aromatic N) is 3. The monoisotopic (exact) mass is 522 g/mol. The van der Waals surface area contributed by atoms with Crippen molar-refractivity contribution in [2.75, 3.05) is 7.11 Å². The molecule has 10 nitrogen and oxygen atoms in total. The highest BCUT2D eigenvalue weighted by Gasteiger charge is 2.17. The van der Waals surface area contributed by atoms with Crippen LogP contribution in [0.5, 0.6) is 5.75 Å². The summed E-state index contributed by atoms with van der Waals surface area (Å²) in [5.41, 5.74) is 0.990. The fraction of sp³-hybridized carbons (Fsp3) is 0.0833. The summed E-state index contributed by atoms with van der Waals surface area (Å²) in [5.74, 6) is 1.25. The summed E-state index contributed by atoms with van der Waals surface area (Å²) >= 11 is 1.18. The SMILES string of the molecule is COc1ccccc1-c1nc2sc(=Cc3ccc(-c4ccc(S(=O)(=O)NC(C)=O)cc4)o3)c(=O)n2n1. The Morgan fingerprint density at radius 1 is 1.11 bits per heavy atom. The Hall–Kier alpha value is -4.29. The van der Waals surface area contributed by atoms with E-state index in [9.17, 15) is 18.0 Å². The number of hydrogen-bond donors (Lipinski definition) is 1. The molecule has 0 bridgehead atoms. The third-order valence-electron chi connectivity index (χ3n) is 5.16. The standard InChI is InChI=1S/C24H18N4O6S2/c1-14(29)27-36(31,32)17-10-7-15(8-11-17)19-12-9-16(34-19)13-21-23(30)28-24(35-21)25-22(26-28)18-5-3-4-6-20(18)33-2/h3-13H,1-2H3,(H,27,29). The van der Waals surface area contributed by atoms with Gasteiger partial charge in [-0.2, -0.15) is 9.50 Å². The van der Waals surface area contributed by atoms with E-state index >= 15 is 0 Å². The second-order valence-electron chi connectivity index (χ2n) is 7.63. The minimum atomic E-state index is -3.92. The van der Waals surface area contributed by atoms with E-state index in [1.807, 2.05) is 22.9 Å². The van der Waals surface area contributed by atoms with Gasteiger partial charge < -0.3 is 9.15 Å². The molecular weight excluding hydrogens is 504 g/mol. The molecule has 0 aliphatic heterocycles. The number of methoxy groups -OCH3 is 1. The van der Waals surface area contributed by atoms with E-state index in [2.05, 4.69) is 10.1 Å². The average Bonchev–Trinajstić information content (AvgIpc) is 3.56. The summed E-state index contributed by atoms with van der Waals surface area (Å²) < 4.78 is 39.0. The number of sulfonamides is 1. The van der Waals surface area contributed by atoms with E-state index in [-0.39, 0.29) is 10.5 Å². The number of nitrogens with one attached hydrogen (secondary N) is 1. The zero-order chi connectivity index (χ0) is 25.4. The van der Waals surface area contributed by atoms with Crippen molar-refractivity contribution < 1.29 is 22.4 Å². The van der Waals surface area contributed by atoms with Crippen molar-refractivity contribution in [2.24, 2.45) is 0 Å². The summed E-state index contributed by atoms with van der Waals surface area (Å²) in [4.78, 5) is 28.9. The highest BCUT2D eigenvalue weighted by molar-refractivity contribution is 7.90. The van der Waals surface area contributed by atoms with Crippen LogP contribution in [0.15, 0.2) is 74.8 Å². The second kappa shape index (κ2) is 9.06. The number of fused-ring (bicyclic) bond motifs is 1. The van der Waals surface area contributed by atoms with Gasteiger partial charge in [0.15, 0.2) is 5.82 Å². The second-order valence-corrected chi connectivity index (χ2v) is 10.3. The molecule has 36 heavy (non-hydrogen) atoms. The van der Waals surface area contributed by atoms with Crippen LogP contribution in [-0.4, -0.2) is 36.0 Å².